The lowest BCUT2D eigenvalue weighted by atomic mass is 10.1. The third-order valence-corrected chi connectivity index (χ3v) is 4.28. The van der Waals surface area contributed by atoms with E-state index in [1.54, 1.807) is 43.3 Å². The highest BCUT2D eigenvalue weighted by Gasteiger charge is 2.24. The second kappa shape index (κ2) is 7.06. The van der Waals surface area contributed by atoms with Crippen LogP contribution in [-0.2, 0) is 11.8 Å². The van der Waals surface area contributed by atoms with Gasteiger partial charge < -0.3 is 16.0 Å². The van der Waals surface area contributed by atoms with E-state index in [0.29, 0.717) is 17.3 Å². The van der Waals surface area contributed by atoms with Crippen molar-refractivity contribution in [2.45, 2.75) is 31.8 Å². The minimum absolute atomic E-state index is 0.101. The Morgan fingerprint density at radius 3 is 2.68 bits per heavy atom. The molecule has 1 aliphatic carbocycles. The predicted octanol–water partition coefficient (Wildman–Crippen LogP) is 1.52. The predicted molar refractivity (Wildman–Crippen MR) is 95.3 cm³/mol. The molecule has 1 unspecified atom stereocenters. The summed E-state index contributed by atoms with van der Waals surface area (Å²) in [6, 6.07) is 5.12. The summed E-state index contributed by atoms with van der Waals surface area (Å²) in [6.45, 7) is 1.90. The van der Waals surface area contributed by atoms with E-state index in [4.69, 9.17) is 0 Å². The van der Waals surface area contributed by atoms with Gasteiger partial charge in [-0.15, -0.1) is 0 Å². The van der Waals surface area contributed by atoms with Gasteiger partial charge in [-0.05, 0) is 44.5 Å². The largest absolute Gasteiger partial charge is 0.349 e. The van der Waals surface area contributed by atoms with E-state index in [9.17, 15) is 9.59 Å². The van der Waals surface area contributed by atoms with Crippen molar-refractivity contribution in [3.05, 3.63) is 47.3 Å². The zero-order valence-electron chi connectivity index (χ0n) is 14.7. The number of hydrogen-bond donors (Lipinski definition) is 3. The van der Waals surface area contributed by atoms with Crippen LogP contribution in [0.2, 0.25) is 0 Å². The van der Waals surface area contributed by atoms with Gasteiger partial charge in [0.05, 0.1) is 6.20 Å². The summed E-state index contributed by atoms with van der Waals surface area (Å²) in [7, 11) is 3.53. The van der Waals surface area contributed by atoms with Crippen molar-refractivity contribution >= 4 is 17.5 Å². The lowest BCUT2D eigenvalue weighted by molar-refractivity contribution is -0.118. The molecule has 3 rings (SSSR count). The van der Waals surface area contributed by atoms with Crippen molar-refractivity contribution in [2.24, 2.45) is 7.05 Å². The zero-order valence-corrected chi connectivity index (χ0v) is 14.7. The van der Waals surface area contributed by atoms with Crippen molar-refractivity contribution in [1.29, 1.82) is 0 Å². The van der Waals surface area contributed by atoms with Gasteiger partial charge in [-0.25, -0.2) is 0 Å². The van der Waals surface area contributed by atoms with Crippen molar-refractivity contribution in [2.75, 3.05) is 12.4 Å². The zero-order chi connectivity index (χ0) is 18.0. The van der Waals surface area contributed by atoms with Crippen LogP contribution in [0.4, 0.5) is 5.69 Å². The maximum Gasteiger partial charge on any atom is 0.251 e. The van der Waals surface area contributed by atoms with Crippen LogP contribution in [0, 0.1) is 6.92 Å². The summed E-state index contributed by atoms with van der Waals surface area (Å²) in [6.07, 6.45) is 5.53. The maximum atomic E-state index is 12.7. The molecule has 0 spiro atoms. The number of benzene rings is 1. The van der Waals surface area contributed by atoms with Gasteiger partial charge in [-0.2, -0.15) is 5.10 Å². The molecule has 7 nitrogen and oxygen atoms in total. The summed E-state index contributed by atoms with van der Waals surface area (Å²) < 4.78 is 1.65. The number of rotatable bonds is 6. The molecule has 2 aromatic rings. The molecule has 1 aromatic heterocycles. The van der Waals surface area contributed by atoms with Gasteiger partial charge in [0.15, 0.2) is 0 Å². The minimum atomic E-state index is -0.517. The lowest BCUT2D eigenvalue weighted by Crippen LogP contribution is -2.31. The average molecular weight is 341 g/mol. The van der Waals surface area contributed by atoms with Gasteiger partial charge in [-0.3, -0.25) is 14.3 Å². The van der Waals surface area contributed by atoms with E-state index in [2.05, 4.69) is 21.0 Å². The molecular weight excluding hydrogens is 318 g/mol. The Morgan fingerprint density at radius 2 is 2.08 bits per heavy atom. The Balaban J connectivity index is 1.76. The Kier molecular flexibility index (Phi) is 4.85. The second-order valence-corrected chi connectivity index (χ2v) is 6.44. The topological polar surface area (TPSA) is 88.1 Å². The number of carbonyl (C=O) groups is 2. The molecule has 1 saturated carbocycles. The molecule has 0 bridgehead atoms. The van der Waals surface area contributed by atoms with Crippen molar-refractivity contribution < 1.29 is 9.59 Å². The maximum absolute atomic E-state index is 12.7. The van der Waals surface area contributed by atoms with Gasteiger partial charge in [0.25, 0.3) is 5.91 Å². The summed E-state index contributed by atoms with van der Waals surface area (Å²) in [5, 5.41) is 13.0. The number of nitrogens with one attached hydrogen (secondary N) is 3. The van der Waals surface area contributed by atoms with Crippen LogP contribution in [0.1, 0.15) is 40.4 Å². The van der Waals surface area contributed by atoms with Crippen LogP contribution in [-0.4, -0.2) is 34.7 Å². The lowest BCUT2D eigenvalue weighted by Gasteiger charge is -2.16. The highest BCUT2D eigenvalue weighted by Crippen LogP contribution is 2.22. The van der Waals surface area contributed by atoms with Crippen molar-refractivity contribution in [3.63, 3.8) is 0 Å². The van der Waals surface area contributed by atoms with Crippen molar-refractivity contribution in [1.82, 2.24) is 20.4 Å². The Bertz CT molecular complexity index is 795. The number of anilines is 1. The van der Waals surface area contributed by atoms with Crippen LogP contribution in [0.3, 0.4) is 0 Å². The SMILES string of the molecule is CNC(C(=O)Nc1cc(C(=O)NC2CC2)ccc1C)c1cnn(C)c1. The summed E-state index contributed by atoms with van der Waals surface area (Å²) in [5.41, 5.74) is 2.87. The van der Waals surface area contributed by atoms with Crippen molar-refractivity contribution in [3.8, 4) is 0 Å². The van der Waals surface area contributed by atoms with Crippen LogP contribution in [0.5, 0.6) is 0 Å². The highest BCUT2D eigenvalue weighted by atomic mass is 16.2. The number of hydrogen-bond acceptors (Lipinski definition) is 4. The fourth-order valence-electron chi connectivity index (χ4n) is 2.64. The highest BCUT2D eigenvalue weighted by molar-refractivity contribution is 5.99. The van der Waals surface area contributed by atoms with Crippen LogP contribution in [0.25, 0.3) is 0 Å². The standard InChI is InChI=1S/C18H23N5O2/c1-11-4-5-12(17(24)21-14-6-7-14)8-15(11)22-18(25)16(19-2)13-9-20-23(3)10-13/h4-5,8-10,14,16,19H,6-7H2,1-3H3,(H,21,24)(H,22,25). The molecule has 0 saturated heterocycles. The third-order valence-electron chi connectivity index (χ3n) is 4.28. The Morgan fingerprint density at radius 1 is 1.32 bits per heavy atom. The summed E-state index contributed by atoms with van der Waals surface area (Å²) in [5.74, 6) is -0.297. The van der Waals surface area contributed by atoms with Gasteiger partial charge in [0, 0.05) is 36.1 Å². The molecular formula is C18H23N5O2. The van der Waals surface area contributed by atoms with Crippen LogP contribution in [0.15, 0.2) is 30.6 Å². The molecule has 1 aromatic carbocycles. The first-order valence-corrected chi connectivity index (χ1v) is 8.36. The number of aromatic nitrogens is 2. The molecule has 1 heterocycles. The normalized spacial score (nSPS) is 14.8. The smallest absolute Gasteiger partial charge is 0.251 e. The average Bonchev–Trinajstić information content (AvgIpc) is 3.29. The molecule has 0 radical (unpaired) electrons. The number of likely N-dealkylation sites (N-methyl/N-ethyl adjacent to an activating group) is 1. The van der Waals surface area contributed by atoms with E-state index in [1.165, 1.54) is 0 Å². The molecule has 7 heteroatoms. The Hall–Kier alpha value is -2.67. The number of amides is 2. The molecule has 25 heavy (non-hydrogen) atoms. The Labute approximate surface area is 146 Å². The molecule has 1 fully saturated rings. The quantitative estimate of drug-likeness (QED) is 0.743. The molecule has 132 valence electrons. The monoisotopic (exact) mass is 341 g/mol. The molecule has 1 atom stereocenters. The number of nitrogens with zero attached hydrogens (tertiary/aromatic N) is 2. The number of carbonyl (C=O) groups excluding carboxylic acids is 2. The summed E-state index contributed by atoms with van der Waals surface area (Å²) in [4.78, 5) is 24.9. The molecule has 2 amide bonds. The minimum Gasteiger partial charge on any atom is -0.349 e. The first-order chi connectivity index (χ1) is 12.0. The molecule has 0 aliphatic heterocycles. The van der Waals surface area contributed by atoms with Gasteiger partial charge in [0.2, 0.25) is 5.91 Å². The number of aryl methyl sites for hydroxylation is 2. The van der Waals surface area contributed by atoms with E-state index in [0.717, 1.165) is 24.0 Å². The molecule has 1 aliphatic rings. The fourth-order valence-corrected chi connectivity index (χ4v) is 2.64. The van der Waals surface area contributed by atoms with Gasteiger partial charge in [-0.1, -0.05) is 6.07 Å². The molecule has 3 N–H and O–H groups in total. The van der Waals surface area contributed by atoms with E-state index in [-0.39, 0.29) is 11.8 Å². The first kappa shape index (κ1) is 17.2. The van der Waals surface area contributed by atoms with E-state index >= 15 is 0 Å². The summed E-state index contributed by atoms with van der Waals surface area (Å²) >= 11 is 0. The van der Waals surface area contributed by atoms with E-state index in [1.807, 2.05) is 13.0 Å². The van der Waals surface area contributed by atoms with Gasteiger partial charge in [0.1, 0.15) is 6.04 Å². The van der Waals surface area contributed by atoms with Crippen LogP contribution < -0.4 is 16.0 Å². The second-order valence-electron chi connectivity index (χ2n) is 6.44. The first-order valence-electron chi connectivity index (χ1n) is 8.36. The third kappa shape index (κ3) is 4.06. The van der Waals surface area contributed by atoms with E-state index < -0.39 is 6.04 Å². The fraction of sp³-hybridized carbons (Fsp3) is 0.389. The van der Waals surface area contributed by atoms with Crippen LogP contribution >= 0.6 is 0 Å². The van der Waals surface area contributed by atoms with Gasteiger partial charge >= 0.3 is 0 Å².